The Balaban J connectivity index is 1.92. The summed E-state index contributed by atoms with van der Waals surface area (Å²) in [5.41, 5.74) is 0.0459. The second-order valence-electron chi connectivity index (χ2n) is 4.89. The van der Waals surface area contributed by atoms with Crippen LogP contribution in [-0.4, -0.2) is 29.5 Å². The third-order valence-corrected chi connectivity index (χ3v) is 3.45. The first-order valence-corrected chi connectivity index (χ1v) is 6.70. The molecule has 1 saturated heterocycles. The number of hydrogen-bond acceptors (Lipinski definition) is 6. The van der Waals surface area contributed by atoms with Crippen LogP contribution in [0, 0.1) is 27.4 Å². The molecule has 1 unspecified atom stereocenters. The van der Waals surface area contributed by atoms with Crippen molar-refractivity contribution < 1.29 is 4.92 Å². The fourth-order valence-corrected chi connectivity index (χ4v) is 2.34. The number of pyridine rings is 1. The van der Waals surface area contributed by atoms with E-state index in [4.69, 9.17) is 5.26 Å². The average molecular weight is 275 g/mol. The smallest absolute Gasteiger partial charge is 0.289 e. The average Bonchev–Trinajstić information content (AvgIpc) is 2.48. The predicted octanol–water partition coefficient (Wildman–Crippen LogP) is 1.66. The standard InChI is InChI=1S/C13H17N5O2/c14-7-11-6-12(18(19)20)9-17-13(11)16-5-3-10-2-1-4-15-8-10/h6,9-10,15H,1-5,8H2,(H,16,17). The van der Waals surface area contributed by atoms with Crippen molar-refractivity contribution in [1.82, 2.24) is 10.3 Å². The number of aromatic nitrogens is 1. The third kappa shape index (κ3) is 3.65. The Bertz CT molecular complexity index is 520. The van der Waals surface area contributed by atoms with Crippen molar-refractivity contribution in [1.29, 1.82) is 5.26 Å². The normalized spacial score (nSPS) is 18.2. The maximum Gasteiger partial charge on any atom is 0.289 e. The molecule has 2 rings (SSSR count). The lowest BCUT2D eigenvalue weighted by molar-refractivity contribution is -0.385. The molecule has 0 amide bonds. The zero-order valence-corrected chi connectivity index (χ0v) is 11.1. The fourth-order valence-electron chi connectivity index (χ4n) is 2.34. The summed E-state index contributed by atoms with van der Waals surface area (Å²) in [6.45, 7) is 2.83. The molecular formula is C13H17N5O2. The van der Waals surface area contributed by atoms with Gasteiger partial charge in [-0.15, -0.1) is 0 Å². The van der Waals surface area contributed by atoms with E-state index < -0.39 is 4.92 Å². The van der Waals surface area contributed by atoms with E-state index in [1.165, 1.54) is 25.1 Å². The van der Waals surface area contributed by atoms with Crippen LogP contribution in [0.5, 0.6) is 0 Å². The van der Waals surface area contributed by atoms with E-state index in [1.807, 2.05) is 6.07 Å². The minimum absolute atomic E-state index is 0.163. The molecule has 106 valence electrons. The van der Waals surface area contributed by atoms with Crippen molar-refractivity contribution in [2.75, 3.05) is 25.0 Å². The monoisotopic (exact) mass is 275 g/mol. The summed E-state index contributed by atoms with van der Waals surface area (Å²) in [5, 5.41) is 26.1. The van der Waals surface area contributed by atoms with E-state index >= 15 is 0 Å². The van der Waals surface area contributed by atoms with Crippen LogP contribution in [0.1, 0.15) is 24.8 Å². The molecule has 1 aliphatic rings. The molecule has 7 heteroatoms. The molecule has 2 heterocycles. The van der Waals surface area contributed by atoms with E-state index in [0.717, 1.165) is 19.5 Å². The number of rotatable bonds is 5. The van der Waals surface area contributed by atoms with Crippen LogP contribution >= 0.6 is 0 Å². The van der Waals surface area contributed by atoms with Gasteiger partial charge >= 0.3 is 0 Å². The van der Waals surface area contributed by atoms with Crippen molar-refractivity contribution in [3.8, 4) is 6.07 Å². The molecule has 0 saturated carbocycles. The highest BCUT2D eigenvalue weighted by molar-refractivity contribution is 5.55. The molecule has 1 aromatic rings. The predicted molar refractivity (Wildman–Crippen MR) is 74.3 cm³/mol. The SMILES string of the molecule is N#Cc1cc([N+](=O)[O-])cnc1NCCC1CCCNC1. The summed E-state index contributed by atoms with van der Waals surface area (Å²) < 4.78 is 0. The van der Waals surface area contributed by atoms with Gasteiger partial charge in [-0.3, -0.25) is 10.1 Å². The molecule has 2 N–H and O–H groups in total. The van der Waals surface area contributed by atoms with Crippen molar-refractivity contribution in [3.63, 3.8) is 0 Å². The van der Waals surface area contributed by atoms with Crippen molar-refractivity contribution >= 4 is 11.5 Å². The van der Waals surface area contributed by atoms with Gasteiger partial charge in [0, 0.05) is 12.6 Å². The lowest BCUT2D eigenvalue weighted by Gasteiger charge is -2.22. The van der Waals surface area contributed by atoms with E-state index in [2.05, 4.69) is 15.6 Å². The van der Waals surface area contributed by atoms with Crippen molar-refractivity contribution in [2.24, 2.45) is 5.92 Å². The molecular weight excluding hydrogens is 258 g/mol. The summed E-state index contributed by atoms with van der Waals surface area (Å²) >= 11 is 0. The Hall–Kier alpha value is -2.20. The molecule has 0 aliphatic carbocycles. The molecule has 1 atom stereocenters. The van der Waals surface area contributed by atoms with E-state index in [9.17, 15) is 10.1 Å². The van der Waals surface area contributed by atoms with Crippen LogP contribution in [-0.2, 0) is 0 Å². The van der Waals surface area contributed by atoms with E-state index in [1.54, 1.807) is 0 Å². The lowest BCUT2D eigenvalue weighted by Crippen LogP contribution is -2.30. The Morgan fingerprint density at radius 3 is 3.15 bits per heavy atom. The summed E-state index contributed by atoms with van der Waals surface area (Å²) in [4.78, 5) is 14.0. The Morgan fingerprint density at radius 2 is 2.50 bits per heavy atom. The Kier molecular flexibility index (Phi) is 4.85. The highest BCUT2D eigenvalue weighted by atomic mass is 16.6. The van der Waals surface area contributed by atoms with Gasteiger partial charge in [-0.1, -0.05) is 0 Å². The summed E-state index contributed by atoms with van der Waals surface area (Å²) in [7, 11) is 0. The number of nitro groups is 1. The second-order valence-corrected chi connectivity index (χ2v) is 4.89. The van der Waals surface area contributed by atoms with Crippen LogP contribution in [0.4, 0.5) is 11.5 Å². The Morgan fingerprint density at radius 1 is 1.65 bits per heavy atom. The molecule has 0 aromatic carbocycles. The number of nitrogens with one attached hydrogen (secondary N) is 2. The van der Waals surface area contributed by atoms with Gasteiger partial charge in [0.05, 0.1) is 4.92 Å². The van der Waals surface area contributed by atoms with Gasteiger partial charge in [0.15, 0.2) is 0 Å². The first-order valence-electron chi connectivity index (χ1n) is 6.70. The van der Waals surface area contributed by atoms with Crippen LogP contribution in [0.3, 0.4) is 0 Å². The first-order chi connectivity index (χ1) is 9.70. The third-order valence-electron chi connectivity index (χ3n) is 3.45. The molecule has 0 radical (unpaired) electrons. The molecule has 1 fully saturated rings. The lowest BCUT2D eigenvalue weighted by atomic mass is 9.96. The largest absolute Gasteiger partial charge is 0.369 e. The van der Waals surface area contributed by atoms with Gasteiger partial charge in [0.1, 0.15) is 23.6 Å². The Labute approximate surface area is 117 Å². The van der Waals surface area contributed by atoms with E-state index in [0.29, 0.717) is 18.3 Å². The first kappa shape index (κ1) is 14.2. The van der Waals surface area contributed by atoms with Gasteiger partial charge in [-0.2, -0.15) is 5.26 Å². The van der Waals surface area contributed by atoms with Gasteiger partial charge in [0.25, 0.3) is 5.69 Å². The number of nitrogens with zero attached hydrogens (tertiary/aromatic N) is 3. The number of hydrogen-bond donors (Lipinski definition) is 2. The minimum Gasteiger partial charge on any atom is -0.369 e. The topological polar surface area (TPSA) is 104 Å². The summed E-state index contributed by atoms with van der Waals surface area (Å²) in [6.07, 6.45) is 4.58. The minimum atomic E-state index is -0.550. The van der Waals surface area contributed by atoms with Gasteiger partial charge in [0.2, 0.25) is 0 Å². The summed E-state index contributed by atoms with van der Waals surface area (Å²) in [5.74, 6) is 1.06. The van der Waals surface area contributed by atoms with Crippen molar-refractivity contribution in [2.45, 2.75) is 19.3 Å². The molecule has 1 aliphatic heterocycles. The quantitative estimate of drug-likeness (QED) is 0.625. The van der Waals surface area contributed by atoms with Gasteiger partial charge < -0.3 is 10.6 Å². The highest BCUT2D eigenvalue weighted by Gasteiger charge is 2.14. The van der Waals surface area contributed by atoms with E-state index in [-0.39, 0.29) is 11.3 Å². The second kappa shape index (κ2) is 6.82. The van der Waals surface area contributed by atoms with Gasteiger partial charge in [-0.05, 0) is 38.3 Å². The van der Waals surface area contributed by atoms with Crippen LogP contribution in [0.15, 0.2) is 12.3 Å². The van der Waals surface area contributed by atoms with Crippen LogP contribution in [0.25, 0.3) is 0 Å². The molecule has 0 bridgehead atoms. The summed E-state index contributed by atoms with van der Waals surface area (Å²) in [6, 6.07) is 3.19. The molecule has 20 heavy (non-hydrogen) atoms. The van der Waals surface area contributed by atoms with Gasteiger partial charge in [-0.25, -0.2) is 4.98 Å². The maximum atomic E-state index is 10.6. The van der Waals surface area contributed by atoms with Crippen molar-refractivity contribution in [3.05, 3.63) is 27.9 Å². The molecule has 1 aromatic heterocycles. The highest BCUT2D eigenvalue weighted by Crippen LogP contribution is 2.19. The van der Waals surface area contributed by atoms with Crippen LogP contribution < -0.4 is 10.6 Å². The molecule has 7 nitrogen and oxygen atoms in total. The maximum absolute atomic E-state index is 10.6. The number of piperidine rings is 1. The van der Waals surface area contributed by atoms with Crippen LogP contribution in [0.2, 0.25) is 0 Å². The zero-order valence-electron chi connectivity index (χ0n) is 11.1. The number of nitriles is 1. The molecule has 0 spiro atoms. The fraction of sp³-hybridized carbons (Fsp3) is 0.538. The number of anilines is 1. The zero-order chi connectivity index (χ0) is 14.4.